The first-order chi connectivity index (χ1) is 13.1. The molecule has 0 unspecified atom stereocenters. The number of ether oxygens (including phenoxy) is 3. The number of nitrogens with zero attached hydrogens (tertiary/aromatic N) is 1. The predicted octanol–water partition coefficient (Wildman–Crippen LogP) is 3.72. The van der Waals surface area contributed by atoms with Crippen molar-refractivity contribution >= 4 is 11.9 Å². The molecule has 1 aromatic carbocycles. The maximum Gasteiger partial charge on any atom is 0.355 e. The first-order valence-corrected chi connectivity index (χ1v) is 9.24. The zero-order chi connectivity index (χ0) is 19.8. The Labute approximate surface area is 160 Å². The number of benzene rings is 1. The molecule has 0 N–H and O–H groups in total. The summed E-state index contributed by atoms with van der Waals surface area (Å²) in [7, 11) is 1.60. The van der Waals surface area contributed by atoms with Crippen LogP contribution in [-0.2, 0) is 27.2 Å². The van der Waals surface area contributed by atoms with Gasteiger partial charge in [-0.15, -0.1) is 0 Å². The zero-order valence-electron chi connectivity index (χ0n) is 16.4. The van der Waals surface area contributed by atoms with Crippen molar-refractivity contribution in [2.75, 3.05) is 26.9 Å². The Kier molecular flexibility index (Phi) is 7.61. The Hall–Kier alpha value is -2.60. The van der Waals surface area contributed by atoms with Crippen molar-refractivity contribution in [3.8, 4) is 11.1 Å². The summed E-state index contributed by atoms with van der Waals surface area (Å²) in [5, 5.41) is 0. The highest BCUT2D eigenvalue weighted by atomic mass is 16.5. The molecule has 1 heterocycles. The summed E-state index contributed by atoms with van der Waals surface area (Å²) in [5.74, 6) is -0.896. The third kappa shape index (κ3) is 4.39. The number of methoxy groups -OCH3 is 1. The average Bonchev–Trinajstić information content (AvgIpc) is 3.01. The molecule has 0 spiro atoms. The van der Waals surface area contributed by atoms with Gasteiger partial charge < -0.3 is 18.8 Å². The third-order valence-corrected chi connectivity index (χ3v) is 4.24. The molecule has 0 aliphatic rings. The highest BCUT2D eigenvalue weighted by Gasteiger charge is 2.32. The van der Waals surface area contributed by atoms with Gasteiger partial charge in [-0.25, -0.2) is 9.59 Å². The van der Waals surface area contributed by atoms with Crippen LogP contribution in [0.15, 0.2) is 30.3 Å². The molecule has 6 heteroatoms. The lowest BCUT2D eigenvalue weighted by Crippen LogP contribution is -2.17. The van der Waals surface area contributed by atoms with E-state index in [9.17, 15) is 9.59 Å². The van der Waals surface area contributed by atoms with Crippen LogP contribution in [0.5, 0.6) is 0 Å². The van der Waals surface area contributed by atoms with E-state index < -0.39 is 11.9 Å². The van der Waals surface area contributed by atoms with Gasteiger partial charge in [0, 0.05) is 24.9 Å². The van der Waals surface area contributed by atoms with Gasteiger partial charge in [0.25, 0.3) is 0 Å². The first kappa shape index (κ1) is 20.7. The topological polar surface area (TPSA) is 66.8 Å². The fourth-order valence-corrected chi connectivity index (χ4v) is 3.19. The molecule has 0 fully saturated rings. The summed E-state index contributed by atoms with van der Waals surface area (Å²) in [6.45, 7) is 6.82. The molecule has 146 valence electrons. The number of carbonyl (C=O) groups is 2. The molecule has 2 aromatic rings. The van der Waals surface area contributed by atoms with Gasteiger partial charge in [-0.2, -0.15) is 0 Å². The number of hydrogen-bond acceptors (Lipinski definition) is 5. The Morgan fingerprint density at radius 2 is 1.59 bits per heavy atom. The average molecular weight is 373 g/mol. The van der Waals surface area contributed by atoms with Gasteiger partial charge in [0.05, 0.1) is 25.4 Å². The Balaban J connectivity index is 2.83. The minimum absolute atomic E-state index is 0.249. The molecule has 0 radical (unpaired) electrons. The van der Waals surface area contributed by atoms with Gasteiger partial charge in [0.2, 0.25) is 0 Å². The smallest absolute Gasteiger partial charge is 0.355 e. The first-order valence-electron chi connectivity index (χ1n) is 9.24. The summed E-state index contributed by atoms with van der Waals surface area (Å²) in [6.07, 6.45) is 0.567. The van der Waals surface area contributed by atoms with Crippen LogP contribution in [0.3, 0.4) is 0 Å². The maximum absolute atomic E-state index is 12.8. The summed E-state index contributed by atoms with van der Waals surface area (Å²) >= 11 is 0. The second-order valence-corrected chi connectivity index (χ2v) is 5.85. The molecule has 6 nitrogen and oxygen atoms in total. The molecular weight excluding hydrogens is 346 g/mol. The van der Waals surface area contributed by atoms with Crippen LogP contribution >= 0.6 is 0 Å². The Morgan fingerprint density at radius 1 is 0.963 bits per heavy atom. The molecule has 0 amide bonds. The summed E-state index contributed by atoms with van der Waals surface area (Å²) in [6, 6.07) is 9.39. The van der Waals surface area contributed by atoms with Crippen LogP contribution in [0.2, 0.25) is 0 Å². The quantitative estimate of drug-likeness (QED) is 0.627. The van der Waals surface area contributed by atoms with Crippen LogP contribution in [-0.4, -0.2) is 43.4 Å². The number of rotatable bonds is 9. The lowest BCUT2D eigenvalue weighted by molar-refractivity contribution is 0.0509. The van der Waals surface area contributed by atoms with Crippen LogP contribution in [0.1, 0.15) is 47.3 Å². The van der Waals surface area contributed by atoms with E-state index in [-0.39, 0.29) is 13.2 Å². The molecule has 0 aliphatic heterocycles. The minimum Gasteiger partial charge on any atom is -0.462 e. The second-order valence-electron chi connectivity index (χ2n) is 5.85. The summed E-state index contributed by atoms with van der Waals surface area (Å²) in [5.41, 5.74) is 2.85. The van der Waals surface area contributed by atoms with Crippen LogP contribution < -0.4 is 0 Å². The van der Waals surface area contributed by atoms with E-state index in [1.807, 2.05) is 41.8 Å². The fraction of sp³-hybridized carbons (Fsp3) is 0.429. The molecule has 27 heavy (non-hydrogen) atoms. The largest absolute Gasteiger partial charge is 0.462 e. The summed E-state index contributed by atoms with van der Waals surface area (Å²) < 4.78 is 17.7. The highest BCUT2D eigenvalue weighted by Crippen LogP contribution is 2.34. The Bertz CT molecular complexity index is 780. The molecule has 2 rings (SSSR count). The molecule has 0 saturated carbocycles. The van der Waals surface area contributed by atoms with Crippen molar-refractivity contribution in [1.82, 2.24) is 4.57 Å². The van der Waals surface area contributed by atoms with Crippen molar-refractivity contribution in [2.24, 2.45) is 0 Å². The second kappa shape index (κ2) is 9.92. The highest BCUT2D eigenvalue weighted by molar-refractivity contribution is 6.07. The van der Waals surface area contributed by atoms with E-state index >= 15 is 0 Å². The van der Waals surface area contributed by atoms with Crippen molar-refractivity contribution in [1.29, 1.82) is 0 Å². The molecule has 0 atom stereocenters. The third-order valence-electron chi connectivity index (χ3n) is 4.24. The standard InChI is InChI=1S/C21H27NO5/c1-5-16-18(20(23)26-6-2)17(15-11-9-8-10-12-15)19(21(24)27-7-3)22(16)13-14-25-4/h8-12H,5-7,13-14H2,1-4H3. The van der Waals surface area contributed by atoms with E-state index in [1.165, 1.54) is 0 Å². The number of esters is 2. The normalized spacial score (nSPS) is 10.7. The summed E-state index contributed by atoms with van der Waals surface area (Å²) in [4.78, 5) is 25.7. The molecule has 0 aliphatic carbocycles. The number of hydrogen-bond donors (Lipinski definition) is 0. The van der Waals surface area contributed by atoms with Gasteiger partial charge in [-0.05, 0) is 25.8 Å². The molecule has 0 saturated heterocycles. The van der Waals surface area contributed by atoms with Gasteiger partial charge in [0.15, 0.2) is 0 Å². The van der Waals surface area contributed by atoms with Crippen LogP contribution in [0, 0.1) is 0 Å². The fourth-order valence-electron chi connectivity index (χ4n) is 3.19. The van der Waals surface area contributed by atoms with E-state index in [1.54, 1.807) is 21.0 Å². The molecular formula is C21H27NO5. The van der Waals surface area contributed by atoms with E-state index in [2.05, 4.69) is 0 Å². The van der Waals surface area contributed by atoms with Crippen molar-refractivity contribution in [3.63, 3.8) is 0 Å². The van der Waals surface area contributed by atoms with Crippen molar-refractivity contribution in [2.45, 2.75) is 33.7 Å². The SMILES string of the molecule is CCOC(=O)c1c(-c2ccccc2)c(C(=O)OCC)n(CCOC)c1CC. The van der Waals surface area contributed by atoms with E-state index in [0.29, 0.717) is 36.4 Å². The van der Waals surface area contributed by atoms with Gasteiger partial charge in [-0.3, -0.25) is 0 Å². The van der Waals surface area contributed by atoms with Crippen LogP contribution in [0.25, 0.3) is 11.1 Å². The van der Waals surface area contributed by atoms with Gasteiger partial charge >= 0.3 is 11.9 Å². The zero-order valence-corrected chi connectivity index (χ0v) is 16.4. The molecule has 1 aromatic heterocycles. The van der Waals surface area contributed by atoms with Crippen molar-refractivity contribution < 1.29 is 23.8 Å². The lowest BCUT2D eigenvalue weighted by atomic mass is 9.99. The van der Waals surface area contributed by atoms with Crippen molar-refractivity contribution in [3.05, 3.63) is 47.3 Å². The molecule has 0 bridgehead atoms. The van der Waals surface area contributed by atoms with Crippen LogP contribution in [0.4, 0.5) is 0 Å². The van der Waals surface area contributed by atoms with Gasteiger partial charge in [-0.1, -0.05) is 37.3 Å². The Morgan fingerprint density at radius 3 is 2.15 bits per heavy atom. The van der Waals surface area contributed by atoms with E-state index in [0.717, 1.165) is 11.3 Å². The monoisotopic (exact) mass is 373 g/mol. The predicted molar refractivity (Wildman–Crippen MR) is 103 cm³/mol. The van der Waals surface area contributed by atoms with E-state index in [4.69, 9.17) is 14.2 Å². The lowest BCUT2D eigenvalue weighted by Gasteiger charge is -2.12. The number of aromatic nitrogens is 1. The maximum atomic E-state index is 12.8. The minimum atomic E-state index is -0.460. The number of carbonyl (C=O) groups excluding carboxylic acids is 2. The van der Waals surface area contributed by atoms with Gasteiger partial charge in [0.1, 0.15) is 5.69 Å².